The van der Waals surface area contributed by atoms with Crippen molar-refractivity contribution in [1.29, 1.82) is 0 Å². The van der Waals surface area contributed by atoms with Gasteiger partial charge in [0, 0.05) is 18.4 Å². The number of thioether (sulfide) groups is 2. The van der Waals surface area contributed by atoms with Gasteiger partial charge in [0.2, 0.25) is 0 Å². The molecule has 3 aliphatic carbocycles. The van der Waals surface area contributed by atoms with Crippen LogP contribution >= 0.6 is 23.5 Å². The van der Waals surface area contributed by atoms with Gasteiger partial charge in [0.1, 0.15) is 10.2 Å². The second kappa shape index (κ2) is 4.13. The Morgan fingerprint density at radius 1 is 1.19 bits per heavy atom. The molecule has 4 heteroatoms. The zero-order valence-electron chi connectivity index (χ0n) is 9.61. The van der Waals surface area contributed by atoms with E-state index in [1.807, 2.05) is 0 Å². The van der Waals surface area contributed by atoms with E-state index < -0.39 is 0 Å². The summed E-state index contributed by atoms with van der Waals surface area (Å²) in [4.78, 5) is 11.3. The molecule has 0 unspecified atom stereocenters. The number of fused-ring (bicyclic) bond motifs is 2. The Morgan fingerprint density at radius 2 is 1.81 bits per heavy atom. The molecule has 2 bridgehead atoms. The first kappa shape index (κ1) is 11.3. The van der Waals surface area contributed by atoms with Gasteiger partial charge in [0.15, 0.2) is 0 Å². The minimum absolute atomic E-state index is 0.0926. The molecule has 2 nitrogen and oxygen atoms in total. The summed E-state index contributed by atoms with van der Waals surface area (Å²) in [5.74, 6) is 3.77. The molecule has 1 atom stereocenters. The Kier molecular flexibility index (Phi) is 2.91. The molecule has 0 aromatic carbocycles. The lowest BCUT2D eigenvalue weighted by Gasteiger charge is -2.53. The third kappa shape index (κ3) is 1.60. The summed E-state index contributed by atoms with van der Waals surface area (Å²) in [5, 5.41) is 0. The average molecular weight is 258 g/mol. The molecule has 4 aliphatic rings. The summed E-state index contributed by atoms with van der Waals surface area (Å²) in [6.45, 7) is 1.56. The van der Waals surface area contributed by atoms with Crippen LogP contribution in [0.2, 0.25) is 0 Å². The predicted octanol–water partition coefficient (Wildman–Crippen LogP) is 2.91. The fourth-order valence-electron chi connectivity index (χ4n) is 3.59. The average Bonchev–Trinajstić information content (AvgIpc) is 2.74. The van der Waals surface area contributed by atoms with Crippen LogP contribution < -0.4 is 0 Å². The molecule has 0 radical (unpaired) electrons. The maximum Gasteiger partial charge on any atom is 0.302 e. The number of carbonyl (C=O) groups excluding carboxylic acids is 1. The van der Waals surface area contributed by atoms with Crippen molar-refractivity contribution in [3.63, 3.8) is 0 Å². The SMILES string of the molecule is CC(=O)O[C@@H]1C2CCC(CC2)C12SCCS2. The third-order valence-corrected chi connectivity index (χ3v) is 8.01. The molecule has 4 fully saturated rings. The van der Waals surface area contributed by atoms with E-state index in [1.54, 1.807) is 6.92 Å². The van der Waals surface area contributed by atoms with Crippen LogP contribution in [0.25, 0.3) is 0 Å². The van der Waals surface area contributed by atoms with Gasteiger partial charge in [-0.1, -0.05) is 0 Å². The fraction of sp³-hybridized carbons (Fsp3) is 0.917. The summed E-state index contributed by atoms with van der Waals surface area (Å²) in [6, 6.07) is 0. The van der Waals surface area contributed by atoms with Crippen molar-refractivity contribution >= 4 is 29.5 Å². The van der Waals surface area contributed by atoms with Crippen molar-refractivity contribution < 1.29 is 9.53 Å². The lowest BCUT2D eigenvalue weighted by atomic mass is 9.68. The van der Waals surface area contributed by atoms with E-state index in [9.17, 15) is 4.79 Å². The molecular formula is C12H18O2S2. The molecule has 90 valence electrons. The standard InChI is InChI=1S/C12H18O2S2/c1-8(13)14-11-9-2-4-10(5-3-9)12(11)15-6-7-16-12/h9-11H,2-7H2,1H3/t9?,10?,11-/m1/s1. The highest BCUT2D eigenvalue weighted by molar-refractivity contribution is 8.21. The zero-order valence-corrected chi connectivity index (χ0v) is 11.2. The molecule has 0 N–H and O–H groups in total. The normalized spacial score (nSPS) is 40.2. The fourth-order valence-corrected chi connectivity index (χ4v) is 7.48. The number of rotatable bonds is 1. The first-order chi connectivity index (χ1) is 7.72. The molecule has 0 aromatic rings. The summed E-state index contributed by atoms with van der Waals surface area (Å²) < 4.78 is 5.91. The van der Waals surface area contributed by atoms with Gasteiger partial charge in [-0.3, -0.25) is 4.79 Å². The van der Waals surface area contributed by atoms with Crippen LogP contribution in [0.4, 0.5) is 0 Å². The van der Waals surface area contributed by atoms with E-state index in [4.69, 9.17) is 4.74 Å². The Morgan fingerprint density at radius 3 is 2.38 bits per heavy atom. The van der Waals surface area contributed by atoms with Crippen molar-refractivity contribution in [2.45, 2.75) is 42.8 Å². The molecular weight excluding hydrogens is 240 g/mol. The lowest BCUT2D eigenvalue weighted by Crippen LogP contribution is -2.55. The summed E-state index contributed by atoms with van der Waals surface area (Å²) in [6.07, 6.45) is 5.43. The van der Waals surface area contributed by atoms with Crippen LogP contribution in [0.15, 0.2) is 0 Å². The minimum atomic E-state index is -0.0926. The molecule has 1 spiro atoms. The summed E-state index contributed by atoms with van der Waals surface area (Å²) >= 11 is 4.13. The number of hydrogen-bond acceptors (Lipinski definition) is 4. The van der Waals surface area contributed by atoms with Gasteiger partial charge in [-0.25, -0.2) is 0 Å². The van der Waals surface area contributed by atoms with Crippen LogP contribution in [0.5, 0.6) is 0 Å². The summed E-state index contributed by atoms with van der Waals surface area (Å²) in [7, 11) is 0. The largest absolute Gasteiger partial charge is 0.460 e. The van der Waals surface area contributed by atoms with Gasteiger partial charge < -0.3 is 4.74 Å². The monoisotopic (exact) mass is 258 g/mol. The molecule has 1 saturated heterocycles. The molecule has 3 saturated carbocycles. The number of carbonyl (C=O) groups is 1. The molecule has 1 aliphatic heterocycles. The van der Waals surface area contributed by atoms with Gasteiger partial charge in [-0.05, 0) is 37.5 Å². The minimum Gasteiger partial charge on any atom is -0.460 e. The van der Waals surface area contributed by atoms with Crippen LogP contribution in [0.1, 0.15) is 32.6 Å². The molecule has 0 amide bonds. The second-order valence-corrected chi connectivity index (χ2v) is 8.06. The number of hydrogen-bond donors (Lipinski definition) is 0. The van der Waals surface area contributed by atoms with E-state index in [0.717, 1.165) is 5.92 Å². The summed E-state index contributed by atoms with van der Waals surface area (Å²) in [5.41, 5.74) is 0. The molecule has 4 rings (SSSR count). The quantitative estimate of drug-likeness (QED) is 0.676. The van der Waals surface area contributed by atoms with Gasteiger partial charge in [0.05, 0.1) is 0 Å². The molecule has 1 heterocycles. The first-order valence-corrected chi connectivity index (χ1v) is 8.14. The van der Waals surface area contributed by atoms with Crippen molar-refractivity contribution in [3.05, 3.63) is 0 Å². The third-order valence-electron chi connectivity index (χ3n) is 4.20. The topological polar surface area (TPSA) is 26.3 Å². The van der Waals surface area contributed by atoms with E-state index in [-0.39, 0.29) is 16.2 Å². The predicted molar refractivity (Wildman–Crippen MR) is 68.6 cm³/mol. The maximum atomic E-state index is 11.3. The number of ether oxygens (including phenoxy) is 1. The molecule has 0 aromatic heterocycles. The Hall–Kier alpha value is 0.170. The van der Waals surface area contributed by atoms with E-state index in [0.29, 0.717) is 5.92 Å². The van der Waals surface area contributed by atoms with Crippen LogP contribution in [-0.2, 0) is 9.53 Å². The second-order valence-electron chi connectivity index (χ2n) is 5.06. The van der Waals surface area contributed by atoms with E-state index in [2.05, 4.69) is 23.5 Å². The van der Waals surface area contributed by atoms with Gasteiger partial charge in [0.25, 0.3) is 0 Å². The van der Waals surface area contributed by atoms with Crippen molar-refractivity contribution in [2.24, 2.45) is 11.8 Å². The Bertz CT molecular complexity index is 291. The van der Waals surface area contributed by atoms with Crippen LogP contribution in [0, 0.1) is 11.8 Å². The highest BCUT2D eigenvalue weighted by Gasteiger charge is 2.58. The van der Waals surface area contributed by atoms with Crippen molar-refractivity contribution in [2.75, 3.05) is 11.5 Å². The highest BCUT2D eigenvalue weighted by Crippen LogP contribution is 2.62. The van der Waals surface area contributed by atoms with Crippen molar-refractivity contribution in [1.82, 2.24) is 0 Å². The zero-order chi connectivity index (χ0) is 11.2. The van der Waals surface area contributed by atoms with Crippen LogP contribution in [0.3, 0.4) is 0 Å². The Balaban J connectivity index is 1.89. The van der Waals surface area contributed by atoms with Gasteiger partial charge in [-0.15, -0.1) is 23.5 Å². The Labute approximate surface area is 105 Å². The number of esters is 1. The van der Waals surface area contributed by atoms with Crippen molar-refractivity contribution in [3.8, 4) is 0 Å². The van der Waals surface area contributed by atoms with E-state index >= 15 is 0 Å². The van der Waals surface area contributed by atoms with E-state index in [1.165, 1.54) is 37.2 Å². The molecule has 16 heavy (non-hydrogen) atoms. The van der Waals surface area contributed by atoms with Gasteiger partial charge >= 0.3 is 5.97 Å². The maximum absolute atomic E-state index is 11.3. The van der Waals surface area contributed by atoms with Crippen LogP contribution in [-0.4, -0.2) is 27.7 Å². The lowest BCUT2D eigenvalue weighted by molar-refractivity contribution is -0.155. The highest BCUT2D eigenvalue weighted by atomic mass is 32.2. The van der Waals surface area contributed by atoms with Gasteiger partial charge in [-0.2, -0.15) is 0 Å². The first-order valence-electron chi connectivity index (χ1n) is 6.17. The smallest absolute Gasteiger partial charge is 0.302 e.